The number of ether oxygens (including phenoxy) is 1. The molecule has 0 fully saturated rings. The highest BCUT2D eigenvalue weighted by molar-refractivity contribution is 7.91. The molecule has 0 aromatic carbocycles. The normalized spacial score (nSPS) is 29.2. The quantitative estimate of drug-likeness (QED) is 0.808. The van der Waals surface area contributed by atoms with Crippen molar-refractivity contribution >= 4 is 10.0 Å². The SMILES string of the molecule is [2H]C([2H])([2H])OC1=CC=CCC1(C)S(=O)(=O)n1ccc2c1C[C@@H](C(F)(F)F)CC2. The largest absolute Gasteiger partial charge is 0.499 e. The van der Waals surface area contributed by atoms with Gasteiger partial charge in [-0.3, -0.25) is 0 Å². The third kappa shape index (κ3) is 2.80. The molecule has 0 amide bonds. The summed E-state index contributed by atoms with van der Waals surface area (Å²) < 4.78 is 92.4. The maximum atomic E-state index is 13.4. The number of aryl methyl sites for hydroxylation is 1. The first-order valence-electron chi connectivity index (χ1n) is 9.33. The maximum absolute atomic E-state index is 13.4. The minimum Gasteiger partial charge on any atom is -0.499 e. The standard InChI is InChI=1S/C17H20F3NO3S/c1-16(9-4-3-5-15(16)24-2)25(22,23)21-10-8-12-6-7-13(11-14(12)21)17(18,19)20/h3-5,8,10,13H,6-7,9,11H2,1-2H3/t13-,16?/m0/s1/i2D3. The number of nitrogens with zero attached hydrogens (tertiary/aromatic N) is 1. The molecule has 2 aliphatic rings. The average Bonchev–Trinajstić information content (AvgIpc) is 2.98. The van der Waals surface area contributed by atoms with Crippen LogP contribution in [-0.2, 0) is 27.6 Å². The van der Waals surface area contributed by atoms with E-state index in [1.807, 2.05) is 0 Å². The minimum atomic E-state index is -4.41. The molecule has 0 spiro atoms. The zero-order valence-corrected chi connectivity index (χ0v) is 14.3. The van der Waals surface area contributed by atoms with Crippen LogP contribution in [0, 0.1) is 5.92 Å². The van der Waals surface area contributed by atoms with Gasteiger partial charge in [0.05, 0.1) is 17.1 Å². The molecule has 0 radical (unpaired) electrons. The van der Waals surface area contributed by atoms with Gasteiger partial charge in [0.15, 0.2) is 0 Å². The molecule has 25 heavy (non-hydrogen) atoms. The molecule has 0 bridgehead atoms. The molecule has 1 aromatic rings. The fourth-order valence-electron chi connectivity index (χ4n) is 3.42. The summed E-state index contributed by atoms with van der Waals surface area (Å²) in [6.45, 7) is 1.32. The summed E-state index contributed by atoms with van der Waals surface area (Å²) in [6, 6.07) is 1.51. The van der Waals surface area contributed by atoms with Crippen molar-refractivity contribution in [2.24, 2.45) is 5.92 Å². The van der Waals surface area contributed by atoms with Crippen molar-refractivity contribution in [2.45, 2.75) is 43.5 Å². The molecule has 1 heterocycles. The van der Waals surface area contributed by atoms with Crippen LogP contribution >= 0.6 is 0 Å². The van der Waals surface area contributed by atoms with E-state index >= 15 is 0 Å². The number of hydrogen-bond donors (Lipinski definition) is 0. The van der Waals surface area contributed by atoms with E-state index in [0.717, 1.165) is 3.97 Å². The number of rotatable bonds is 3. The molecule has 0 saturated heterocycles. The lowest BCUT2D eigenvalue weighted by atomic mass is 9.88. The Bertz CT molecular complexity index is 932. The number of halogens is 3. The molecule has 3 rings (SSSR count). The van der Waals surface area contributed by atoms with Crippen LogP contribution in [0.15, 0.2) is 36.3 Å². The first-order valence-corrected chi connectivity index (χ1v) is 9.27. The van der Waals surface area contributed by atoms with Crippen molar-refractivity contribution in [1.29, 1.82) is 0 Å². The number of allylic oxidation sites excluding steroid dienone is 3. The average molecular weight is 378 g/mol. The summed E-state index contributed by atoms with van der Waals surface area (Å²) in [6.07, 6.45) is 0.687. The monoisotopic (exact) mass is 378 g/mol. The highest BCUT2D eigenvalue weighted by Crippen LogP contribution is 2.41. The Morgan fingerprint density at radius 3 is 2.88 bits per heavy atom. The molecule has 138 valence electrons. The Labute approximate surface area is 149 Å². The lowest BCUT2D eigenvalue weighted by Crippen LogP contribution is -2.43. The van der Waals surface area contributed by atoms with Crippen molar-refractivity contribution in [2.75, 3.05) is 7.04 Å². The maximum Gasteiger partial charge on any atom is 0.392 e. The smallest absolute Gasteiger partial charge is 0.392 e. The van der Waals surface area contributed by atoms with E-state index in [4.69, 9.17) is 8.85 Å². The first-order chi connectivity index (χ1) is 12.8. The van der Waals surface area contributed by atoms with Crippen molar-refractivity contribution in [3.8, 4) is 0 Å². The predicted octanol–water partition coefficient (Wildman–Crippen LogP) is 3.58. The second kappa shape index (κ2) is 5.93. The fraction of sp³-hybridized carbons (Fsp3) is 0.529. The van der Waals surface area contributed by atoms with Gasteiger partial charge in [0.1, 0.15) is 10.5 Å². The molecule has 2 aliphatic carbocycles. The molecule has 0 saturated carbocycles. The fourth-order valence-corrected chi connectivity index (χ4v) is 5.23. The highest BCUT2D eigenvalue weighted by atomic mass is 32.2. The molecule has 1 aromatic heterocycles. The van der Waals surface area contributed by atoms with Gasteiger partial charge in [-0.1, -0.05) is 12.2 Å². The summed E-state index contributed by atoms with van der Waals surface area (Å²) in [5, 5.41) is 0. The number of alkyl halides is 3. The van der Waals surface area contributed by atoms with Crippen LogP contribution in [0.2, 0.25) is 0 Å². The molecule has 0 N–H and O–H groups in total. The van der Waals surface area contributed by atoms with Crippen LogP contribution in [0.3, 0.4) is 0 Å². The van der Waals surface area contributed by atoms with E-state index in [1.165, 1.54) is 31.3 Å². The minimum absolute atomic E-state index is 0.0626. The summed E-state index contributed by atoms with van der Waals surface area (Å²) >= 11 is 0. The van der Waals surface area contributed by atoms with Gasteiger partial charge in [-0.25, -0.2) is 12.4 Å². The molecule has 1 unspecified atom stereocenters. The van der Waals surface area contributed by atoms with Gasteiger partial charge < -0.3 is 4.74 Å². The Morgan fingerprint density at radius 1 is 1.44 bits per heavy atom. The van der Waals surface area contributed by atoms with E-state index < -0.39 is 40.3 Å². The second-order valence-electron chi connectivity index (χ2n) is 6.57. The zero-order valence-electron chi connectivity index (χ0n) is 16.5. The van der Waals surface area contributed by atoms with Crippen LogP contribution in [0.25, 0.3) is 0 Å². The van der Waals surface area contributed by atoms with E-state index in [9.17, 15) is 21.6 Å². The molecule has 0 aliphatic heterocycles. The number of methoxy groups -OCH3 is 1. The van der Waals surface area contributed by atoms with Gasteiger partial charge in [0.2, 0.25) is 0 Å². The third-order valence-corrected chi connectivity index (χ3v) is 7.43. The van der Waals surface area contributed by atoms with Gasteiger partial charge in [-0.2, -0.15) is 13.2 Å². The summed E-state index contributed by atoms with van der Waals surface area (Å²) in [7, 11) is -7.15. The molecular weight excluding hydrogens is 355 g/mol. The van der Waals surface area contributed by atoms with E-state index in [2.05, 4.69) is 0 Å². The summed E-state index contributed by atoms with van der Waals surface area (Å²) in [5.74, 6) is -1.88. The van der Waals surface area contributed by atoms with E-state index in [1.54, 1.807) is 6.08 Å². The lowest BCUT2D eigenvalue weighted by Gasteiger charge is -2.33. The van der Waals surface area contributed by atoms with Crippen molar-refractivity contribution in [3.63, 3.8) is 0 Å². The van der Waals surface area contributed by atoms with Crippen LogP contribution in [-0.4, -0.2) is 30.4 Å². The molecular formula is C17H20F3NO3S. The number of hydrogen-bond acceptors (Lipinski definition) is 3. The Hall–Kier alpha value is -1.70. The molecule has 2 atom stereocenters. The summed E-state index contributed by atoms with van der Waals surface area (Å²) in [5.41, 5.74) is 0.652. The van der Waals surface area contributed by atoms with Crippen molar-refractivity contribution in [1.82, 2.24) is 3.97 Å². The Balaban J connectivity index is 2.04. The summed E-state index contributed by atoms with van der Waals surface area (Å²) in [4.78, 5) is 0. The predicted molar refractivity (Wildman–Crippen MR) is 87.6 cm³/mol. The van der Waals surface area contributed by atoms with E-state index in [0.29, 0.717) is 5.56 Å². The first kappa shape index (κ1) is 14.5. The Kier molecular flexibility index (Phi) is 3.43. The second-order valence-corrected chi connectivity index (χ2v) is 8.81. The van der Waals surface area contributed by atoms with Crippen LogP contribution in [0.1, 0.15) is 35.1 Å². The lowest BCUT2D eigenvalue weighted by molar-refractivity contribution is -0.177. The van der Waals surface area contributed by atoms with E-state index in [-0.39, 0.29) is 30.7 Å². The van der Waals surface area contributed by atoms with Crippen LogP contribution in [0.5, 0.6) is 0 Å². The third-order valence-electron chi connectivity index (χ3n) is 5.06. The highest BCUT2D eigenvalue weighted by Gasteiger charge is 2.48. The van der Waals surface area contributed by atoms with Crippen LogP contribution < -0.4 is 0 Å². The zero-order chi connectivity index (χ0) is 21.0. The van der Waals surface area contributed by atoms with Crippen molar-refractivity contribution < 1.29 is 30.4 Å². The molecule has 8 heteroatoms. The molecule has 4 nitrogen and oxygen atoms in total. The van der Waals surface area contributed by atoms with Gasteiger partial charge in [-0.05, 0) is 43.9 Å². The van der Waals surface area contributed by atoms with Gasteiger partial charge in [0.25, 0.3) is 10.0 Å². The van der Waals surface area contributed by atoms with Crippen LogP contribution in [0.4, 0.5) is 13.2 Å². The van der Waals surface area contributed by atoms with Gasteiger partial charge >= 0.3 is 6.18 Å². The van der Waals surface area contributed by atoms with Gasteiger partial charge in [-0.15, -0.1) is 0 Å². The number of aromatic nitrogens is 1. The van der Waals surface area contributed by atoms with Gasteiger partial charge in [0, 0.05) is 18.3 Å². The Morgan fingerprint density at radius 2 is 2.20 bits per heavy atom. The van der Waals surface area contributed by atoms with Crippen molar-refractivity contribution in [3.05, 3.63) is 47.5 Å². The number of fused-ring (bicyclic) bond motifs is 1. The topological polar surface area (TPSA) is 48.3 Å².